The lowest BCUT2D eigenvalue weighted by molar-refractivity contribution is 0.102. The quantitative estimate of drug-likeness (QED) is 0.543. The summed E-state index contributed by atoms with van der Waals surface area (Å²) in [6, 6.07) is 4.90. The van der Waals surface area contributed by atoms with E-state index in [0.717, 1.165) is 0 Å². The van der Waals surface area contributed by atoms with E-state index in [0.29, 0.717) is 48.0 Å². The van der Waals surface area contributed by atoms with Crippen LogP contribution in [0, 0.1) is 0 Å². The van der Waals surface area contributed by atoms with E-state index in [9.17, 15) is 9.90 Å². The van der Waals surface area contributed by atoms with Crippen molar-refractivity contribution in [1.82, 2.24) is 9.97 Å². The van der Waals surface area contributed by atoms with Gasteiger partial charge in [-0.25, -0.2) is 9.97 Å². The van der Waals surface area contributed by atoms with Crippen LogP contribution >= 0.6 is 34.5 Å². The molecule has 0 saturated heterocycles. The summed E-state index contributed by atoms with van der Waals surface area (Å²) in [7, 11) is 0. The molecule has 3 aromatic rings. The van der Waals surface area contributed by atoms with Crippen molar-refractivity contribution in [2.24, 2.45) is 0 Å². The molecule has 0 radical (unpaired) electrons. The van der Waals surface area contributed by atoms with Crippen molar-refractivity contribution in [3.05, 3.63) is 33.1 Å². The first kappa shape index (κ1) is 18.8. The fraction of sp³-hybridized carbons (Fsp3) is 0.235. The molecule has 0 amide bonds. The maximum Gasteiger partial charge on any atom is 0.224 e. The Balaban J connectivity index is 2.29. The lowest BCUT2D eigenvalue weighted by Crippen LogP contribution is -2.21. The summed E-state index contributed by atoms with van der Waals surface area (Å²) in [5.41, 5.74) is 7.81. The van der Waals surface area contributed by atoms with Gasteiger partial charge in [-0.05, 0) is 19.1 Å². The van der Waals surface area contributed by atoms with Crippen molar-refractivity contribution in [3.8, 4) is 11.3 Å². The SMILES string of the molecule is CC(=O)c1sc2nc(NC(C)CO)nc(-c3ccc(Cl)c(Cl)c3)c2c1N. The molecule has 2 aromatic heterocycles. The molecule has 9 heteroatoms. The topological polar surface area (TPSA) is 101 Å². The van der Waals surface area contributed by atoms with Gasteiger partial charge in [0.2, 0.25) is 5.95 Å². The van der Waals surface area contributed by atoms with Crippen molar-refractivity contribution >= 4 is 62.2 Å². The molecule has 3 rings (SSSR count). The van der Waals surface area contributed by atoms with E-state index < -0.39 is 0 Å². The molecule has 26 heavy (non-hydrogen) atoms. The van der Waals surface area contributed by atoms with Gasteiger partial charge in [0.25, 0.3) is 0 Å². The summed E-state index contributed by atoms with van der Waals surface area (Å²) in [6.07, 6.45) is 0. The molecule has 0 bridgehead atoms. The minimum atomic E-state index is -0.237. The highest BCUT2D eigenvalue weighted by atomic mass is 35.5. The van der Waals surface area contributed by atoms with Crippen molar-refractivity contribution in [2.75, 3.05) is 17.7 Å². The highest BCUT2D eigenvalue weighted by Crippen LogP contribution is 2.40. The van der Waals surface area contributed by atoms with Gasteiger partial charge in [0.15, 0.2) is 5.78 Å². The number of carbonyl (C=O) groups excluding carboxylic acids is 1. The Kier molecular flexibility index (Phi) is 5.34. The second kappa shape index (κ2) is 7.36. The first-order valence-corrected chi connectivity index (χ1v) is 9.32. The molecular formula is C17H16Cl2N4O2S. The van der Waals surface area contributed by atoms with Gasteiger partial charge in [-0.3, -0.25) is 4.79 Å². The Hall–Kier alpha value is -1.93. The molecular weight excluding hydrogens is 395 g/mol. The van der Waals surface area contributed by atoms with E-state index in [-0.39, 0.29) is 18.4 Å². The number of aliphatic hydroxyl groups excluding tert-OH is 1. The summed E-state index contributed by atoms with van der Waals surface area (Å²) >= 11 is 13.4. The average Bonchev–Trinajstić information content (AvgIpc) is 2.93. The minimum Gasteiger partial charge on any atom is -0.397 e. The summed E-state index contributed by atoms with van der Waals surface area (Å²) in [4.78, 5) is 21.9. The zero-order valence-electron chi connectivity index (χ0n) is 14.0. The molecule has 0 saturated carbocycles. The Morgan fingerprint density at radius 2 is 2.08 bits per heavy atom. The maximum absolute atomic E-state index is 11.9. The number of anilines is 2. The number of rotatable bonds is 5. The normalized spacial score (nSPS) is 12.3. The highest BCUT2D eigenvalue weighted by Gasteiger charge is 2.21. The van der Waals surface area contributed by atoms with Gasteiger partial charge in [-0.2, -0.15) is 0 Å². The average molecular weight is 411 g/mol. The number of nitrogens with two attached hydrogens (primary N) is 1. The van der Waals surface area contributed by atoms with Crippen LogP contribution in [0.4, 0.5) is 11.6 Å². The van der Waals surface area contributed by atoms with Crippen LogP contribution in [-0.2, 0) is 0 Å². The Morgan fingerprint density at radius 3 is 2.69 bits per heavy atom. The molecule has 0 aliphatic heterocycles. The maximum atomic E-state index is 11.9. The molecule has 2 heterocycles. The van der Waals surface area contributed by atoms with E-state index in [1.807, 2.05) is 0 Å². The number of nitrogens with zero attached hydrogens (tertiary/aromatic N) is 2. The summed E-state index contributed by atoms with van der Waals surface area (Å²) < 4.78 is 0. The first-order valence-electron chi connectivity index (χ1n) is 7.75. The number of thiophene rings is 1. The summed E-state index contributed by atoms with van der Waals surface area (Å²) in [6.45, 7) is 3.19. The van der Waals surface area contributed by atoms with Crippen LogP contribution in [0.2, 0.25) is 10.0 Å². The molecule has 0 aliphatic rings. The number of nitrogen functional groups attached to an aromatic ring is 1. The fourth-order valence-corrected chi connectivity index (χ4v) is 3.75. The largest absolute Gasteiger partial charge is 0.397 e. The summed E-state index contributed by atoms with van der Waals surface area (Å²) in [5, 5.41) is 13.7. The number of ketones is 1. The Bertz CT molecular complexity index is 1010. The van der Waals surface area contributed by atoms with Gasteiger partial charge in [0.05, 0.1) is 38.3 Å². The van der Waals surface area contributed by atoms with Crippen molar-refractivity contribution < 1.29 is 9.90 Å². The Morgan fingerprint density at radius 1 is 1.35 bits per heavy atom. The second-order valence-electron chi connectivity index (χ2n) is 5.83. The van der Waals surface area contributed by atoms with E-state index in [4.69, 9.17) is 28.9 Å². The number of aliphatic hydroxyl groups is 1. The molecule has 1 unspecified atom stereocenters. The van der Waals surface area contributed by atoms with Crippen molar-refractivity contribution in [2.45, 2.75) is 19.9 Å². The third-order valence-electron chi connectivity index (χ3n) is 3.75. The third-order valence-corrected chi connectivity index (χ3v) is 5.69. The van der Waals surface area contributed by atoms with Crippen LogP contribution in [0.3, 0.4) is 0 Å². The van der Waals surface area contributed by atoms with E-state index in [1.54, 1.807) is 25.1 Å². The van der Waals surface area contributed by atoms with Gasteiger partial charge in [0.1, 0.15) is 4.83 Å². The number of carbonyl (C=O) groups is 1. The van der Waals surface area contributed by atoms with Crippen LogP contribution in [-0.4, -0.2) is 33.5 Å². The van der Waals surface area contributed by atoms with E-state index >= 15 is 0 Å². The van der Waals surface area contributed by atoms with Crippen LogP contribution < -0.4 is 11.1 Å². The minimum absolute atomic E-state index is 0.0746. The number of Topliss-reactive ketones (excluding diaryl/α,β-unsaturated/α-hetero) is 1. The fourth-order valence-electron chi connectivity index (χ4n) is 2.47. The molecule has 4 N–H and O–H groups in total. The third kappa shape index (κ3) is 3.48. The number of halogens is 2. The molecule has 136 valence electrons. The standard InChI is InChI=1S/C17H16Cl2N4O2S/c1-7(6-24)21-17-22-14(9-3-4-10(18)11(19)5-9)12-13(20)15(8(2)25)26-16(12)23-17/h3-5,7,24H,6,20H2,1-2H3,(H,21,22,23). The predicted molar refractivity (Wildman–Crippen MR) is 107 cm³/mol. The molecule has 0 aliphatic carbocycles. The Labute approximate surface area is 164 Å². The van der Waals surface area contributed by atoms with Gasteiger partial charge in [0, 0.05) is 18.5 Å². The summed E-state index contributed by atoms with van der Waals surface area (Å²) in [5.74, 6) is 0.195. The number of benzene rings is 1. The number of fused-ring (bicyclic) bond motifs is 1. The number of hydrogen-bond donors (Lipinski definition) is 3. The van der Waals surface area contributed by atoms with Crippen molar-refractivity contribution in [3.63, 3.8) is 0 Å². The number of hydrogen-bond acceptors (Lipinski definition) is 7. The molecule has 1 aromatic carbocycles. The van der Waals surface area contributed by atoms with Gasteiger partial charge < -0.3 is 16.2 Å². The zero-order chi connectivity index (χ0) is 19.0. The lowest BCUT2D eigenvalue weighted by Gasteiger charge is -2.13. The monoisotopic (exact) mass is 410 g/mol. The molecule has 0 spiro atoms. The number of nitrogens with one attached hydrogen (secondary N) is 1. The van der Waals surface area contributed by atoms with Gasteiger partial charge in [-0.1, -0.05) is 29.3 Å². The predicted octanol–water partition coefficient (Wildman–Crippen LogP) is 4.24. The molecule has 0 fully saturated rings. The second-order valence-corrected chi connectivity index (χ2v) is 7.65. The van der Waals surface area contributed by atoms with Crippen LogP contribution in [0.15, 0.2) is 18.2 Å². The molecule has 6 nitrogen and oxygen atoms in total. The van der Waals surface area contributed by atoms with Crippen LogP contribution in [0.25, 0.3) is 21.5 Å². The highest BCUT2D eigenvalue weighted by molar-refractivity contribution is 7.21. The van der Waals surface area contributed by atoms with E-state index in [2.05, 4.69) is 15.3 Å². The van der Waals surface area contributed by atoms with Crippen LogP contribution in [0.5, 0.6) is 0 Å². The zero-order valence-corrected chi connectivity index (χ0v) is 16.3. The molecule has 1 atom stereocenters. The lowest BCUT2D eigenvalue weighted by atomic mass is 10.1. The van der Waals surface area contributed by atoms with Crippen molar-refractivity contribution in [1.29, 1.82) is 0 Å². The number of aromatic nitrogens is 2. The first-order chi connectivity index (χ1) is 12.3. The van der Waals surface area contributed by atoms with Gasteiger partial charge in [-0.15, -0.1) is 11.3 Å². The van der Waals surface area contributed by atoms with E-state index in [1.165, 1.54) is 18.3 Å². The van der Waals surface area contributed by atoms with Gasteiger partial charge >= 0.3 is 0 Å². The van der Waals surface area contributed by atoms with Crippen LogP contribution in [0.1, 0.15) is 23.5 Å². The smallest absolute Gasteiger partial charge is 0.224 e.